The predicted molar refractivity (Wildman–Crippen MR) is 72.7 cm³/mol. The highest BCUT2D eigenvalue weighted by molar-refractivity contribution is 6.33. The lowest BCUT2D eigenvalue weighted by Crippen LogP contribution is -2.18. The molecular weight excluding hydrogens is 255 g/mol. The van der Waals surface area contributed by atoms with E-state index in [0.29, 0.717) is 16.9 Å². The number of aliphatic hydroxyl groups excluding tert-OH is 1. The molecule has 0 amide bonds. The van der Waals surface area contributed by atoms with Crippen molar-refractivity contribution in [2.75, 3.05) is 6.61 Å². The highest BCUT2D eigenvalue weighted by Gasteiger charge is 2.25. The van der Waals surface area contributed by atoms with E-state index in [2.05, 4.69) is 0 Å². The molecule has 1 aromatic rings. The van der Waals surface area contributed by atoms with E-state index in [-0.39, 0.29) is 6.61 Å². The lowest BCUT2D eigenvalue weighted by atomic mass is 9.86. The Hall–Kier alpha value is -0.240. The van der Waals surface area contributed by atoms with Gasteiger partial charge >= 0.3 is 0 Å². The molecule has 0 spiro atoms. The van der Waals surface area contributed by atoms with E-state index in [1.54, 1.807) is 6.07 Å². The number of benzene rings is 1. The average molecular weight is 273 g/mol. The summed E-state index contributed by atoms with van der Waals surface area (Å²) in [5.74, 6) is 0.975. The van der Waals surface area contributed by atoms with Gasteiger partial charge in [-0.15, -0.1) is 0 Å². The maximum atomic E-state index is 9.53. The van der Waals surface area contributed by atoms with Gasteiger partial charge < -0.3 is 5.11 Å². The summed E-state index contributed by atoms with van der Waals surface area (Å²) in [5, 5.41) is 11.0. The van der Waals surface area contributed by atoms with Crippen LogP contribution in [-0.2, 0) is 6.42 Å². The summed E-state index contributed by atoms with van der Waals surface area (Å²) in [5.41, 5.74) is 1.06. The molecule has 2 rings (SSSR count). The third kappa shape index (κ3) is 3.37. The lowest BCUT2D eigenvalue weighted by molar-refractivity contribution is 0.176. The van der Waals surface area contributed by atoms with Crippen molar-refractivity contribution >= 4 is 23.2 Å². The molecular formula is C14H18Cl2O. The van der Waals surface area contributed by atoms with E-state index >= 15 is 0 Å². The predicted octanol–water partition coefficient (Wildman–Crippen LogP) is 4.33. The molecule has 0 radical (unpaired) electrons. The molecule has 1 saturated carbocycles. The SMILES string of the molecule is OCC(Cc1cc(Cl)ccc1Cl)C1CCCC1. The monoisotopic (exact) mass is 272 g/mol. The van der Waals surface area contributed by atoms with Crippen LogP contribution in [-0.4, -0.2) is 11.7 Å². The Labute approximate surface area is 113 Å². The summed E-state index contributed by atoms with van der Waals surface area (Å²) >= 11 is 12.1. The first-order valence-electron chi connectivity index (χ1n) is 6.25. The van der Waals surface area contributed by atoms with Crippen molar-refractivity contribution in [2.45, 2.75) is 32.1 Å². The van der Waals surface area contributed by atoms with Crippen LogP contribution in [0.3, 0.4) is 0 Å². The van der Waals surface area contributed by atoms with Gasteiger partial charge in [-0.3, -0.25) is 0 Å². The van der Waals surface area contributed by atoms with Gasteiger partial charge in [-0.05, 0) is 42.0 Å². The molecule has 0 saturated heterocycles. The van der Waals surface area contributed by atoms with Crippen molar-refractivity contribution in [2.24, 2.45) is 11.8 Å². The number of hydrogen-bond donors (Lipinski definition) is 1. The fourth-order valence-corrected chi connectivity index (χ4v) is 3.18. The molecule has 0 aliphatic heterocycles. The van der Waals surface area contributed by atoms with E-state index < -0.39 is 0 Å². The van der Waals surface area contributed by atoms with E-state index in [4.69, 9.17) is 23.2 Å². The topological polar surface area (TPSA) is 20.2 Å². The van der Waals surface area contributed by atoms with Gasteiger partial charge in [0.2, 0.25) is 0 Å². The van der Waals surface area contributed by atoms with Crippen molar-refractivity contribution in [1.82, 2.24) is 0 Å². The van der Waals surface area contributed by atoms with Crippen molar-refractivity contribution in [3.05, 3.63) is 33.8 Å². The van der Waals surface area contributed by atoms with Crippen LogP contribution in [0.15, 0.2) is 18.2 Å². The number of hydrogen-bond acceptors (Lipinski definition) is 1. The summed E-state index contributed by atoms with van der Waals surface area (Å²) in [6.45, 7) is 0.244. The normalized spacial score (nSPS) is 18.5. The average Bonchev–Trinajstić information content (AvgIpc) is 2.84. The third-order valence-corrected chi connectivity index (χ3v) is 4.39. The Bertz CT molecular complexity index is 372. The molecule has 1 aromatic carbocycles. The zero-order valence-electron chi connectivity index (χ0n) is 9.83. The van der Waals surface area contributed by atoms with Gasteiger partial charge in [0.05, 0.1) is 0 Å². The summed E-state index contributed by atoms with van der Waals surface area (Å²) in [7, 11) is 0. The fraction of sp³-hybridized carbons (Fsp3) is 0.571. The number of rotatable bonds is 4. The quantitative estimate of drug-likeness (QED) is 0.865. The van der Waals surface area contributed by atoms with Crippen LogP contribution in [0.25, 0.3) is 0 Å². The van der Waals surface area contributed by atoms with Gasteiger partial charge in [-0.2, -0.15) is 0 Å². The lowest BCUT2D eigenvalue weighted by Gasteiger charge is -2.21. The Morgan fingerprint density at radius 1 is 1.24 bits per heavy atom. The molecule has 3 heteroatoms. The van der Waals surface area contributed by atoms with Crippen molar-refractivity contribution in [3.63, 3.8) is 0 Å². The molecule has 0 bridgehead atoms. The summed E-state index contributed by atoms with van der Waals surface area (Å²) in [6, 6.07) is 5.56. The van der Waals surface area contributed by atoms with Crippen molar-refractivity contribution in [1.29, 1.82) is 0 Å². The molecule has 1 aliphatic carbocycles. The molecule has 94 valence electrons. The maximum absolute atomic E-state index is 9.53. The number of halogens is 2. The Morgan fingerprint density at radius 3 is 2.59 bits per heavy atom. The minimum atomic E-state index is 0.244. The van der Waals surface area contributed by atoms with Gasteiger partial charge in [0, 0.05) is 16.7 Å². The maximum Gasteiger partial charge on any atom is 0.0465 e. The standard InChI is InChI=1S/C14H18Cl2O/c15-13-5-6-14(16)11(8-13)7-12(9-17)10-3-1-2-4-10/h5-6,8,10,12,17H,1-4,7,9H2. The molecule has 0 heterocycles. The van der Waals surface area contributed by atoms with Crippen LogP contribution in [0.4, 0.5) is 0 Å². The van der Waals surface area contributed by atoms with Gasteiger partial charge in [0.1, 0.15) is 0 Å². The highest BCUT2D eigenvalue weighted by Crippen LogP contribution is 2.34. The first-order valence-corrected chi connectivity index (χ1v) is 7.01. The molecule has 17 heavy (non-hydrogen) atoms. The van der Waals surface area contributed by atoms with E-state index in [1.165, 1.54) is 25.7 Å². The summed E-state index contributed by atoms with van der Waals surface area (Å²) < 4.78 is 0. The van der Waals surface area contributed by atoms with Crippen molar-refractivity contribution in [3.8, 4) is 0 Å². The highest BCUT2D eigenvalue weighted by atomic mass is 35.5. The van der Waals surface area contributed by atoms with Gasteiger partial charge in [-0.1, -0.05) is 48.9 Å². The Morgan fingerprint density at radius 2 is 1.94 bits per heavy atom. The van der Waals surface area contributed by atoms with Crippen LogP contribution >= 0.6 is 23.2 Å². The van der Waals surface area contributed by atoms with Gasteiger partial charge in [0.25, 0.3) is 0 Å². The summed E-state index contributed by atoms with van der Waals surface area (Å²) in [6.07, 6.45) is 5.91. The van der Waals surface area contributed by atoms with E-state index in [1.807, 2.05) is 12.1 Å². The first-order chi connectivity index (χ1) is 8.20. The first kappa shape index (κ1) is 13.2. The Balaban J connectivity index is 2.09. The molecule has 1 unspecified atom stereocenters. The second kappa shape index (κ2) is 6.08. The van der Waals surface area contributed by atoms with Crippen LogP contribution in [0.2, 0.25) is 10.0 Å². The van der Waals surface area contributed by atoms with Crippen LogP contribution in [0.5, 0.6) is 0 Å². The van der Waals surface area contributed by atoms with Crippen LogP contribution < -0.4 is 0 Å². The number of aliphatic hydroxyl groups is 1. The van der Waals surface area contributed by atoms with Crippen molar-refractivity contribution < 1.29 is 5.11 Å². The Kier molecular flexibility index (Phi) is 4.72. The fourth-order valence-electron chi connectivity index (χ4n) is 2.79. The molecule has 0 aromatic heterocycles. The van der Waals surface area contributed by atoms with Gasteiger partial charge in [-0.25, -0.2) is 0 Å². The minimum absolute atomic E-state index is 0.244. The second-order valence-corrected chi connectivity index (χ2v) is 5.77. The largest absolute Gasteiger partial charge is 0.396 e. The molecule has 1 atom stereocenters. The van der Waals surface area contributed by atoms with Crippen LogP contribution in [0, 0.1) is 11.8 Å². The van der Waals surface area contributed by atoms with Crippen LogP contribution in [0.1, 0.15) is 31.2 Å². The molecule has 1 aliphatic rings. The molecule has 1 N–H and O–H groups in total. The summed E-state index contributed by atoms with van der Waals surface area (Å²) in [4.78, 5) is 0. The van der Waals surface area contributed by atoms with E-state index in [9.17, 15) is 5.11 Å². The third-order valence-electron chi connectivity index (χ3n) is 3.79. The zero-order chi connectivity index (χ0) is 12.3. The molecule has 1 nitrogen and oxygen atoms in total. The zero-order valence-corrected chi connectivity index (χ0v) is 11.3. The minimum Gasteiger partial charge on any atom is -0.396 e. The van der Waals surface area contributed by atoms with E-state index in [0.717, 1.165) is 17.0 Å². The van der Waals surface area contributed by atoms with Gasteiger partial charge in [0.15, 0.2) is 0 Å². The molecule has 1 fully saturated rings. The smallest absolute Gasteiger partial charge is 0.0465 e. The second-order valence-electron chi connectivity index (χ2n) is 4.93.